The molecular weight excluding hydrogens is 433 g/mol. The Bertz CT molecular complexity index is 1070. The SMILES string of the molecule is CCNC(=O)[C@@H](C)N(Cc1ccc(F)cc1)C(=O)CN(c1ccc(C)c(C)c1)S(C)(=O)=O. The Kier molecular flexibility index (Phi) is 8.38. The summed E-state index contributed by atoms with van der Waals surface area (Å²) >= 11 is 0. The van der Waals surface area contributed by atoms with Crippen LogP contribution in [0, 0.1) is 19.7 Å². The van der Waals surface area contributed by atoms with Crippen LogP contribution in [0.2, 0.25) is 0 Å². The van der Waals surface area contributed by atoms with Gasteiger partial charge in [0.15, 0.2) is 0 Å². The zero-order valence-electron chi connectivity index (χ0n) is 19.1. The summed E-state index contributed by atoms with van der Waals surface area (Å²) in [4.78, 5) is 27.1. The molecule has 0 aromatic heterocycles. The largest absolute Gasteiger partial charge is 0.355 e. The average molecular weight is 464 g/mol. The maximum absolute atomic E-state index is 13.3. The first-order valence-electron chi connectivity index (χ1n) is 10.3. The molecule has 0 saturated carbocycles. The van der Waals surface area contributed by atoms with Gasteiger partial charge in [-0.1, -0.05) is 18.2 Å². The predicted molar refractivity (Wildman–Crippen MR) is 123 cm³/mol. The van der Waals surface area contributed by atoms with Crippen molar-refractivity contribution in [2.45, 2.75) is 40.3 Å². The fourth-order valence-electron chi connectivity index (χ4n) is 3.19. The molecule has 0 heterocycles. The van der Waals surface area contributed by atoms with Crippen molar-refractivity contribution in [3.05, 3.63) is 65.0 Å². The smallest absolute Gasteiger partial charge is 0.244 e. The fourth-order valence-corrected chi connectivity index (χ4v) is 4.03. The van der Waals surface area contributed by atoms with Gasteiger partial charge in [-0.3, -0.25) is 13.9 Å². The molecule has 9 heteroatoms. The van der Waals surface area contributed by atoms with Gasteiger partial charge in [-0.15, -0.1) is 0 Å². The number of hydrogen-bond acceptors (Lipinski definition) is 4. The van der Waals surface area contributed by atoms with Gasteiger partial charge in [0.2, 0.25) is 21.8 Å². The van der Waals surface area contributed by atoms with Crippen molar-refractivity contribution in [2.24, 2.45) is 0 Å². The topological polar surface area (TPSA) is 86.8 Å². The molecule has 0 saturated heterocycles. The van der Waals surface area contributed by atoms with E-state index in [1.54, 1.807) is 32.0 Å². The summed E-state index contributed by atoms with van der Waals surface area (Å²) < 4.78 is 39.4. The van der Waals surface area contributed by atoms with Crippen LogP contribution in [0.25, 0.3) is 0 Å². The van der Waals surface area contributed by atoms with E-state index in [0.29, 0.717) is 17.8 Å². The molecule has 0 bridgehead atoms. The number of carbonyl (C=O) groups is 2. The van der Waals surface area contributed by atoms with E-state index in [2.05, 4.69) is 5.32 Å². The van der Waals surface area contributed by atoms with Crippen LogP contribution < -0.4 is 9.62 Å². The fraction of sp³-hybridized carbons (Fsp3) is 0.391. The first-order chi connectivity index (χ1) is 14.9. The summed E-state index contributed by atoms with van der Waals surface area (Å²) in [5.41, 5.74) is 2.88. The number of benzene rings is 2. The van der Waals surface area contributed by atoms with Crippen LogP contribution in [-0.4, -0.2) is 50.5 Å². The van der Waals surface area contributed by atoms with E-state index in [1.165, 1.54) is 29.2 Å². The molecule has 174 valence electrons. The molecule has 0 unspecified atom stereocenters. The summed E-state index contributed by atoms with van der Waals surface area (Å²) in [7, 11) is -3.78. The lowest BCUT2D eigenvalue weighted by molar-refractivity contribution is -0.139. The molecule has 0 radical (unpaired) electrons. The molecule has 2 rings (SSSR count). The van der Waals surface area contributed by atoms with Crippen molar-refractivity contribution < 1.29 is 22.4 Å². The van der Waals surface area contributed by atoms with Crippen LogP contribution in [-0.2, 0) is 26.2 Å². The molecule has 2 amide bonds. The third-order valence-electron chi connectivity index (χ3n) is 5.24. The average Bonchev–Trinajstić information content (AvgIpc) is 2.72. The van der Waals surface area contributed by atoms with Crippen molar-refractivity contribution in [1.82, 2.24) is 10.2 Å². The van der Waals surface area contributed by atoms with Gasteiger partial charge in [0.05, 0.1) is 11.9 Å². The van der Waals surface area contributed by atoms with E-state index in [4.69, 9.17) is 0 Å². The van der Waals surface area contributed by atoms with Gasteiger partial charge >= 0.3 is 0 Å². The van der Waals surface area contributed by atoms with Crippen molar-refractivity contribution >= 4 is 27.5 Å². The number of carbonyl (C=O) groups excluding carboxylic acids is 2. The number of nitrogens with zero attached hydrogens (tertiary/aromatic N) is 2. The molecule has 0 aliphatic carbocycles. The Hall–Kier alpha value is -2.94. The normalized spacial score (nSPS) is 12.2. The molecule has 7 nitrogen and oxygen atoms in total. The first-order valence-corrected chi connectivity index (χ1v) is 12.2. The van der Waals surface area contributed by atoms with Crippen LogP contribution in [0.4, 0.5) is 10.1 Å². The molecule has 0 aliphatic heterocycles. The molecule has 1 atom stereocenters. The number of aryl methyl sites for hydroxylation is 2. The number of sulfonamides is 1. The second kappa shape index (κ2) is 10.6. The second-order valence-electron chi connectivity index (χ2n) is 7.76. The molecule has 0 aliphatic rings. The monoisotopic (exact) mass is 463 g/mol. The van der Waals surface area contributed by atoms with E-state index in [-0.39, 0.29) is 12.5 Å². The Balaban J connectivity index is 2.39. The Labute approximate surface area is 189 Å². The summed E-state index contributed by atoms with van der Waals surface area (Å²) in [6, 6.07) is 9.89. The molecule has 32 heavy (non-hydrogen) atoms. The minimum absolute atomic E-state index is 0.0297. The zero-order valence-corrected chi connectivity index (χ0v) is 19.9. The quantitative estimate of drug-likeness (QED) is 0.620. The van der Waals surface area contributed by atoms with Gasteiger partial charge in [-0.2, -0.15) is 0 Å². The second-order valence-corrected chi connectivity index (χ2v) is 9.66. The first kappa shape index (κ1) is 25.3. The lowest BCUT2D eigenvalue weighted by Crippen LogP contribution is -2.51. The van der Waals surface area contributed by atoms with Gasteiger partial charge in [0.25, 0.3) is 0 Å². The lowest BCUT2D eigenvalue weighted by atomic mass is 10.1. The Morgan fingerprint density at radius 3 is 2.22 bits per heavy atom. The molecule has 1 N–H and O–H groups in total. The van der Waals surface area contributed by atoms with E-state index in [9.17, 15) is 22.4 Å². The molecule has 2 aromatic rings. The van der Waals surface area contributed by atoms with Crippen LogP contribution in [0.3, 0.4) is 0 Å². The summed E-state index contributed by atoms with van der Waals surface area (Å²) in [5, 5.41) is 2.68. The number of hydrogen-bond donors (Lipinski definition) is 1. The zero-order chi connectivity index (χ0) is 24.1. The van der Waals surface area contributed by atoms with Crippen molar-refractivity contribution in [3.8, 4) is 0 Å². The van der Waals surface area contributed by atoms with E-state index >= 15 is 0 Å². The number of rotatable bonds is 9. The summed E-state index contributed by atoms with van der Waals surface area (Å²) in [5.74, 6) is -1.32. The minimum atomic E-state index is -3.78. The third kappa shape index (κ3) is 6.53. The van der Waals surface area contributed by atoms with Crippen molar-refractivity contribution in [2.75, 3.05) is 23.7 Å². The van der Waals surface area contributed by atoms with Gasteiger partial charge < -0.3 is 10.2 Å². The summed E-state index contributed by atoms with van der Waals surface area (Å²) in [6.07, 6.45) is 1.03. The van der Waals surface area contributed by atoms with Gasteiger partial charge in [-0.05, 0) is 68.7 Å². The van der Waals surface area contributed by atoms with Crippen LogP contribution in [0.1, 0.15) is 30.5 Å². The Morgan fingerprint density at radius 2 is 1.69 bits per heavy atom. The predicted octanol–water partition coefficient (Wildman–Crippen LogP) is 2.76. The van der Waals surface area contributed by atoms with E-state index in [1.807, 2.05) is 13.8 Å². The van der Waals surface area contributed by atoms with E-state index in [0.717, 1.165) is 21.7 Å². The van der Waals surface area contributed by atoms with Gasteiger partial charge in [0, 0.05) is 13.1 Å². The molecule has 0 spiro atoms. The highest BCUT2D eigenvalue weighted by Gasteiger charge is 2.30. The molecule has 0 fully saturated rings. The number of halogens is 1. The highest BCUT2D eigenvalue weighted by molar-refractivity contribution is 7.92. The van der Waals surface area contributed by atoms with Gasteiger partial charge in [-0.25, -0.2) is 12.8 Å². The number of likely N-dealkylation sites (N-methyl/N-ethyl adjacent to an activating group) is 1. The van der Waals surface area contributed by atoms with Gasteiger partial charge in [0.1, 0.15) is 18.4 Å². The minimum Gasteiger partial charge on any atom is -0.355 e. The Morgan fingerprint density at radius 1 is 1.06 bits per heavy atom. The number of nitrogens with one attached hydrogen (secondary N) is 1. The number of amides is 2. The van der Waals surface area contributed by atoms with Crippen LogP contribution in [0.5, 0.6) is 0 Å². The highest BCUT2D eigenvalue weighted by Crippen LogP contribution is 2.22. The summed E-state index contributed by atoms with van der Waals surface area (Å²) in [6.45, 7) is 7.07. The number of anilines is 1. The molecule has 2 aromatic carbocycles. The van der Waals surface area contributed by atoms with Crippen LogP contribution >= 0.6 is 0 Å². The van der Waals surface area contributed by atoms with Crippen molar-refractivity contribution in [1.29, 1.82) is 0 Å². The van der Waals surface area contributed by atoms with Crippen LogP contribution in [0.15, 0.2) is 42.5 Å². The van der Waals surface area contributed by atoms with Crippen molar-refractivity contribution in [3.63, 3.8) is 0 Å². The molecular formula is C23H30FN3O4S. The maximum Gasteiger partial charge on any atom is 0.244 e. The van der Waals surface area contributed by atoms with E-state index < -0.39 is 34.3 Å². The standard InChI is InChI=1S/C23H30FN3O4S/c1-6-25-23(29)18(4)26(14-19-8-10-20(24)11-9-19)22(28)15-27(32(5,30)31)21-12-7-16(2)17(3)13-21/h7-13,18H,6,14-15H2,1-5H3,(H,25,29)/t18-/m1/s1. The maximum atomic E-state index is 13.3. The third-order valence-corrected chi connectivity index (χ3v) is 6.38. The highest BCUT2D eigenvalue weighted by atomic mass is 32.2. The lowest BCUT2D eigenvalue weighted by Gasteiger charge is -2.31.